The number of aryl methyl sites for hydroxylation is 1. The van der Waals surface area contributed by atoms with Gasteiger partial charge in [-0.1, -0.05) is 17.7 Å². The molecule has 2 aromatic carbocycles. The minimum absolute atomic E-state index is 0.325. The summed E-state index contributed by atoms with van der Waals surface area (Å²) in [6, 6.07) is 10.7. The van der Waals surface area contributed by atoms with Crippen molar-refractivity contribution in [2.45, 2.75) is 27.2 Å². The third-order valence-corrected chi connectivity index (χ3v) is 4.19. The highest BCUT2D eigenvalue weighted by atomic mass is 35.5. The van der Waals surface area contributed by atoms with Crippen LogP contribution in [0.5, 0.6) is 11.5 Å². The molecule has 6 nitrogen and oxygen atoms in total. The fourth-order valence-corrected chi connectivity index (χ4v) is 2.82. The lowest BCUT2D eigenvalue weighted by Gasteiger charge is -2.13. The van der Waals surface area contributed by atoms with Crippen LogP contribution < -0.4 is 20.1 Å². The quantitative estimate of drug-likeness (QED) is 0.657. The van der Waals surface area contributed by atoms with Gasteiger partial charge in [0.15, 0.2) is 11.5 Å². The van der Waals surface area contributed by atoms with Crippen molar-refractivity contribution in [3.8, 4) is 11.5 Å². The summed E-state index contributed by atoms with van der Waals surface area (Å²) in [5.41, 5.74) is 2.31. The molecular formula is C21H25ClN2O4. The third-order valence-electron chi connectivity index (χ3n) is 3.95. The van der Waals surface area contributed by atoms with Crippen LogP contribution in [-0.4, -0.2) is 31.6 Å². The van der Waals surface area contributed by atoms with E-state index in [4.69, 9.17) is 21.1 Å². The number of nitrogens with one attached hydrogen (secondary N) is 2. The van der Waals surface area contributed by atoms with E-state index >= 15 is 0 Å². The van der Waals surface area contributed by atoms with E-state index in [0.29, 0.717) is 48.4 Å². The van der Waals surface area contributed by atoms with E-state index < -0.39 is 11.8 Å². The Hall–Kier alpha value is -2.73. The fraction of sp³-hybridized carbons (Fsp3) is 0.333. The molecule has 0 radical (unpaired) electrons. The summed E-state index contributed by atoms with van der Waals surface area (Å²) < 4.78 is 11.1. The van der Waals surface area contributed by atoms with Crippen molar-refractivity contribution >= 4 is 29.1 Å². The monoisotopic (exact) mass is 404 g/mol. The highest BCUT2D eigenvalue weighted by molar-refractivity contribution is 6.39. The molecule has 0 saturated heterocycles. The maximum atomic E-state index is 12.1. The molecule has 0 spiro atoms. The van der Waals surface area contributed by atoms with Gasteiger partial charge in [0.2, 0.25) is 0 Å². The van der Waals surface area contributed by atoms with Crippen LogP contribution >= 0.6 is 11.6 Å². The third kappa shape index (κ3) is 6.16. The van der Waals surface area contributed by atoms with Crippen LogP contribution in [0.1, 0.15) is 25.0 Å². The molecule has 0 heterocycles. The number of benzene rings is 2. The first kappa shape index (κ1) is 21.6. The van der Waals surface area contributed by atoms with Crippen LogP contribution in [-0.2, 0) is 16.0 Å². The second kappa shape index (κ2) is 10.6. The maximum absolute atomic E-state index is 12.1. The Kier molecular flexibility index (Phi) is 8.14. The first-order valence-corrected chi connectivity index (χ1v) is 9.56. The Labute approximate surface area is 170 Å². The first-order valence-electron chi connectivity index (χ1n) is 9.18. The Morgan fingerprint density at radius 2 is 1.68 bits per heavy atom. The molecule has 2 amide bonds. The number of amides is 2. The molecule has 0 atom stereocenters. The van der Waals surface area contributed by atoms with E-state index in [-0.39, 0.29) is 0 Å². The molecule has 0 fully saturated rings. The highest BCUT2D eigenvalue weighted by Gasteiger charge is 2.14. The molecule has 0 bridgehead atoms. The molecule has 0 aliphatic carbocycles. The SMILES string of the molecule is CCOc1ccc(CCNC(=O)C(=O)Nc2ccc(Cl)cc2C)cc1OCC. The first-order chi connectivity index (χ1) is 13.4. The predicted molar refractivity (Wildman–Crippen MR) is 110 cm³/mol. The van der Waals surface area contributed by atoms with Gasteiger partial charge in [0.25, 0.3) is 0 Å². The average molecular weight is 405 g/mol. The van der Waals surface area contributed by atoms with Crippen molar-refractivity contribution < 1.29 is 19.1 Å². The molecule has 2 N–H and O–H groups in total. The number of carbonyl (C=O) groups excluding carboxylic acids is 2. The van der Waals surface area contributed by atoms with Gasteiger partial charge in [-0.25, -0.2) is 0 Å². The molecule has 0 aliphatic heterocycles. The number of hydrogen-bond acceptors (Lipinski definition) is 4. The number of carbonyl (C=O) groups is 2. The molecule has 150 valence electrons. The Morgan fingerprint density at radius 3 is 2.36 bits per heavy atom. The number of halogens is 1. The van der Waals surface area contributed by atoms with Gasteiger partial charge >= 0.3 is 11.8 Å². The summed E-state index contributed by atoms with van der Waals surface area (Å²) in [5, 5.41) is 5.78. The summed E-state index contributed by atoms with van der Waals surface area (Å²) in [7, 11) is 0. The van der Waals surface area contributed by atoms with Gasteiger partial charge in [-0.2, -0.15) is 0 Å². The largest absolute Gasteiger partial charge is 0.490 e. The molecular weight excluding hydrogens is 380 g/mol. The van der Waals surface area contributed by atoms with E-state index in [1.54, 1.807) is 25.1 Å². The van der Waals surface area contributed by atoms with Crippen molar-refractivity contribution in [2.75, 3.05) is 25.1 Å². The molecule has 2 aromatic rings. The molecule has 0 aliphatic rings. The lowest BCUT2D eigenvalue weighted by molar-refractivity contribution is -0.136. The molecule has 0 unspecified atom stereocenters. The van der Waals surface area contributed by atoms with Gasteiger partial charge < -0.3 is 20.1 Å². The van der Waals surface area contributed by atoms with E-state index in [0.717, 1.165) is 11.1 Å². The number of rotatable bonds is 8. The van der Waals surface area contributed by atoms with Gasteiger partial charge in [0.1, 0.15) is 0 Å². The zero-order valence-corrected chi connectivity index (χ0v) is 17.1. The van der Waals surface area contributed by atoms with Crippen molar-refractivity contribution in [2.24, 2.45) is 0 Å². The molecule has 2 rings (SSSR count). The van der Waals surface area contributed by atoms with Gasteiger partial charge in [0, 0.05) is 17.3 Å². The zero-order chi connectivity index (χ0) is 20.5. The topological polar surface area (TPSA) is 76.7 Å². The Morgan fingerprint density at radius 1 is 0.964 bits per heavy atom. The standard InChI is InChI=1S/C21H25ClN2O4/c1-4-27-18-9-6-15(13-19(18)28-5-2)10-11-23-20(25)21(26)24-17-8-7-16(22)12-14(17)3/h6-9,12-13H,4-5,10-11H2,1-3H3,(H,23,25)(H,24,26). The lowest BCUT2D eigenvalue weighted by atomic mass is 10.1. The van der Waals surface area contributed by atoms with Crippen molar-refractivity contribution in [3.05, 3.63) is 52.5 Å². The van der Waals surface area contributed by atoms with E-state index in [9.17, 15) is 9.59 Å². The van der Waals surface area contributed by atoms with Crippen LogP contribution in [0, 0.1) is 6.92 Å². The Balaban J connectivity index is 1.88. The van der Waals surface area contributed by atoms with Crippen LogP contribution in [0.2, 0.25) is 5.02 Å². The number of anilines is 1. The maximum Gasteiger partial charge on any atom is 0.313 e. The fourth-order valence-electron chi connectivity index (χ4n) is 2.60. The van der Waals surface area contributed by atoms with Gasteiger partial charge in [-0.3, -0.25) is 9.59 Å². The number of ether oxygens (including phenoxy) is 2. The zero-order valence-electron chi connectivity index (χ0n) is 16.3. The number of hydrogen-bond donors (Lipinski definition) is 2. The second-order valence-corrected chi connectivity index (χ2v) is 6.50. The van der Waals surface area contributed by atoms with E-state index in [1.165, 1.54) is 0 Å². The van der Waals surface area contributed by atoms with Crippen molar-refractivity contribution in [1.82, 2.24) is 5.32 Å². The summed E-state index contributed by atoms with van der Waals surface area (Å²) in [4.78, 5) is 24.1. The minimum atomic E-state index is -0.716. The smallest absolute Gasteiger partial charge is 0.313 e. The van der Waals surface area contributed by atoms with Crippen molar-refractivity contribution in [1.29, 1.82) is 0 Å². The van der Waals surface area contributed by atoms with E-state index in [2.05, 4.69) is 10.6 Å². The molecule has 0 aromatic heterocycles. The minimum Gasteiger partial charge on any atom is -0.490 e. The van der Waals surface area contributed by atoms with Gasteiger partial charge in [0.05, 0.1) is 13.2 Å². The van der Waals surface area contributed by atoms with Gasteiger partial charge in [-0.05, 0) is 68.7 Å². The summed E-state index contributed by atoms with van der Waals surface area (Å²) in [6.07, 6.45) is 0.561. The second-order valence-electron chi connectivity index (χ2n) is 6.07. The molecule has 0 saturated carbocycles. The molecule has 28 heavy (non-hydrogen) atoms. The Bertz CT molecular complexity index is 839. The van der Waals surface area contributed by atoms with E-state index in [1.807, 2.05) is 32.0 Å². The summed E-state index contributed by atoms with van der Waals surface area (Å²) in [5.74, 6) is -0.0450. The molecule has 7 heteroatoms. The van der Waals surface area contributed by atoms with Crippen LogP contribution in [0.15, 0.2) is 36.4 Å². The summed E-state index contributed by atoms with van der Waals surface area (Å²) in [6.45, 7) is 7.04. The van der Waals surface area contributed by atoms with Crippen LogP contribution in [0.3, 0.4) is 0 Å². The lowest BCUT2D eigenvalue weighted by Crippen LogP contribution is -2.36. The summed E-state index contributed by atoms with van der Waals surface area (Å²) >= 11 is 5.89. The van der Waals surface area contributed by atoms with Gasteiger partial charge in [-0.15, -0.1) is 0 Å². The highest BCUT2D eigenvalue weighted by Crippen LogP contribution is 2.28. The predicted octanol–water partition coefficient (Wildman–Crippen LogP) is 3.74. The van der Waals surface area contributed by atoms with Crippen LogP contribution in [0.25, 0.3) is 0 Å². The average Bonchev–Trinajstić information content (AvgIpc) is 2.66. The van der Waals surface area contributed by atoms with Crippen LogP contribution in [0.4, 0.5) is 5.69 Å². The normalized spacial score (nSPS) is 10.3. The van der Waals surface area contributed by atoms with Crippen molar-refractivity contribution in [3.63, 3.8) is 0 Å².